The molecule has 30 heavy (non-hydrogen) atoms. The predicted molar refractivity (Wildman–Crippen MR) is 128 cm³/mol. The van der Waals surface area contributed by atoms with Crippen LogP contribution in [0, 0.1) is 13.8 Å². The number of hydrogen-bond acceptors (Lipinski definition) is 2. The van der Waals surface area contributed by atoms with Gasteiger partial charge in [0.05, 0.1) is 11.6 Å². The zero-order valence-electron chi connectivity index (χ0n) is 17.8. The maximum Gasteiger partial charge on any atom is 0.153 e. The fourth-order valence-corrected chi connectivity index (χ4v) is 4.81. The minimum atomic E-state index is 0. The van der Waals surface area contributed by atoms with E-state index in [4.69, 9.17) is 4.98 Å². The van der Waals surface area contributed by atoms with Crippen LogP contribution in [-0.4, -0.2) is 16.1 Å². The van der Waals surface area contributed by atoms with Crippen molar-refractivity contribution >= 4 is 29.1 Å². The van der Waals surface area contributed by atoms with Crippen LogP contribution in [0.25, 0.3) is 10.9 Å². The number of benzene rings is 2. The normalized spacial score (nSPS) is 15.7. The monoisotopic (exact) mass is 417 g/mol. The topological polar surface area (TPSA) is 21.1 Å². The van der Waals surface area contributed by atoms with E-state index in [1.54, 1.807) is 0 Å². The van der Waals surface area contributed by atoms with Gasteiger partial charge in [-0.05, 0) is 55.5 Å². The lowest BCUT2D eigenvalue weighted by Gasteiger charge is -2.36. The van der Waals surface area contributed by atoms with Crippen molar-refractivity contribution in [1.82, 2.24) is 9.55 Å². The number of fused-ring (bicyclic) bond motifs is 2. The summed E-state index contributed by atoms with van der Waals surface area (Å²) < 4.78 is 2.45. The largest absolute Gasteiger partial charge is 0.348 e. The molecule has 1 aliphatic rings. The summed E-state index contributed by atoms with van der Waals surface area (Å²) in [6.07, 6.45) is 3.04. The molecule has 4 heteroatoms. The summed E-state index contributed by atoms with van der Waals surface area (Å²) in [5, 5.41) is 1.31. The van der Waals surface area contributed by atoms with Gasteiger partial charge in [0.15, 0.2) is 5.82 Å². The molecule has 1 atom stereocenters. The van der Waals surface area contributed by atoms with E-state index < -0.39 is 0 Å². The van der Waals surface area contributed by atoms with Crippen molar-refractivity contribution < 1.29 is 0 Å². The number of halogens is 1. The number of pyridine rings is 1. The lowest BCUT2D eigenvalue weighted by molar-refractivity contribution is 0.617. The molecule has 0 saturated heterocycles. The standard InChI is InChI=1S/C26H27N3.ClH/c1-18-19(2)29(17-21-9-5-4-6-10-21)25-23(18)13-15-27-26(25)28-16-14-22-11-7-8-12-24(22)20(28)3;/h4-13,15,20H,14,16-17H2,1-3H3;1H. The van der Waals surface area contributed by atoms with Gasteiger partial charge in [-0.1, -0.05) is 54.6 Å². The van der Waals surface area contributed by atoms with Crippen molar-refractivity contribution in [1.29, 1.82) is 0 Å². The van der Waals surface area contributed by atoms with Crippen LogP contribution in [0.15, 0.2) is 66.9 Å². The minimum absolute atomic E-state index is 0. The highest BCUT2D eigenvalue weighted by atomic mass is 35.5. The molecule has 4 aromatic rings. The molecular formula is C26H28ClN3. The summed E-state index contributed by atoms with van der Waals surface area (Å²) in [7, 11) is 0. The highest BCUT2D eigenvalue weighted by molar-refractivity contribution is 5.94. The summed E-state index contributed by atoms with van der Waals surface area (Å²) in [4.78, 5) is 7.41. The quantitative estimate of drug-likeness (QED) is 0.393. The third-order valence-electron chi connectivity index (χ3n) is 6.58. The van der Waals surface area contributed by atoms with E-state index in [1.807, 2.05) is 6.20 Å². The molecule has 0 saturated carbocycles. The maximum atomic E-state index is 4.92. The second-order valence-corrected chi connectivity index (χ2v) is 8.13. The summed E-state index contributed by atoms with van der Waals surface area (Å²) >= 11 is 0. The van der Waals surface area contributed by atoms with E-state index in [9.17, 15) is 0 Å². The number of aromatic nitrogens is 2. The Bertz CT molecular complexity index is 1180. The Balaban J connectivity index is 0.00000218. The summed E-state index contributed by atoms with van der Waals surface area (Å²) in [6.45, 7) is 8.64. The van der Waals surface area contributed by atoms with Crippen LogP contribution < -0.4 is 4.90 Å². The van der Waals surface area contributed by atoms with Gasteiger partial charge in [-0.15, -0.1) is 12.4 Å². The average molecular weight is 418 g/mol. The average Bonchev–Trinajstić information content (AvgIpc) is 3.00. The Morgan fingerprint density at radius 2 is 1.70 bits per heavy atom. The zero-order valence-corrected chi connectivity index (χ0v) is 18.6. The molecule has 1 unspecified atom stereocenters. The van der Waals surface area contributed by atoms with E-state index in [-0.39, 0.29) is 12.4 Å². The first-order valence-electron chi connectivity index (χ1n) is 10.5. The van der Waals surface area contributed by atoms with Gasteiger partial charge in [0.2, 0.25) is 0 Å². The van der Waals surface area contributed by atoms with Crippen LogP contribution in [0.4, 0.5) is 5.82 Å². The fraction of sp³-hybridized carbons (Fsp3) is 0.269. The van der Waals surface area contributed by atoms with Gasteiger partial charge in [0.1, 0.15) is 0 Å². The molecule has 1 aliphatic heterocycles. The van der Waals surface area contributed by atoms with Crippen LogP contribution in [0.5, 0.6) is 0 Å². The van der Waals surface area contributed by atoms with E-state index >= 15 is 0 Å². The van der Waals surface area contributed by atoms with Crippen LogP contribution in [-0.2, 0) is 13.0 Å². The van der Waals surface area contributed by atoms with Crippen molar-refractivity contribution in [3.63, 3.8) is 0 Å². The molecule has 0 fully saturated rings. The Morgan fingerprint density at radius 1 is 0.967 bits per heavy atom. The highest BCUT2D eigenvalue weighted by Crippen LogP contribution is 2.38. The summed E-state index contributed by atoms with van der Waals surface area (Å²) in [5.41, 5.74) is 8.15. The Morgan fingerprint density at radius 3 is 2.50 bits per heavy atom. The van der Waals surface area contributed by atoms with E-state index in [2.05, 4.69) is 90.9 Å². The molecule has 3 heterocycles. The zero-order chi connectivity index (χ0) is 20.0. The van der Waals surface area contributed by atoms with Crippen molar-refractivity contribution in [2.75, 3.05) is 11.4 Å². The van der Waals surface area contributed by atoms with Crippen molar-refractivity contribution in [3.8, 4) is 0 Å². The number of nitrogens with zero attached hydrogens (tertiary/aromatic N) is 3. The smallest absolute Gasteiger partial charge is 0.153 e. The second kappa shape index (κ2) is 8.16. The number of anilines is 1. The molecule has 0 bridgehead atoms. The van der Waals surface area contributed by atoms with Gasteiger partial charge < -0.3 is 9.47 Å². The van der Waals surface area contributed by atoms with Gasteiger partial charge in [0, 0.05) is 30.4 Å². The Hall–Kier alpha value is -2.78. The van der Waals surface area contributed by atoms with Crippen LogP contribution in [0.2, 0.25) is 0 Å². The van der Waals surface area contributed by atoms with E-state index in [0.29, 0.717) is 6.04 Å². The summed E-state index contributed by atoms with van der Waals surface area (Å²) in [6, 6.07) is 22.1. The van der Waals surface area contributed by atoms with Crippen LogP contribution in [0.1, 0.15) is 40.9 Å². The lowest BCUT2D eigenvalue weighted by atomic mass is 9.93. The molecule has 0 amide bonds. The molecule has 2 aromatic heterocycles. The third kappa shape index (κ3) is 3.27. The molecule has 154 valence electrons. The highest BCUT2D eigenvalue weighted by Gasteiger charge is 2.27. The molecule has 0 radical (unpaired) electrons. The second-order valence-electron chi connectivity index (χ2n) is 8.13. The first-order chi connectivity index (χ1) is 14.1. The number of rotatable bonds is 3. The molecule has 0 aliphatic carbocycles. The summed E-state index contributed by atoms with van der Waals surface area (Å²) in [5.74, 6) is 1.11. The lowest BCUT2D eigenvalue weighted by Crippen LogP contribution is -2.34. The van der Waals surface area contributed by atoms with Crippen molar-refractivity contribution in [2.24, 2.45) is 0 Å². The van der Waals surface area contributed by atoms with Crippen LogP contribution in [0.3, 0.4) is 0 Å². The molecule has 0 spiro atoms. The van der Waals surface area contributed by atoms with Gasteiger partial charge in [-0.3, -0.25) is 0 Å². The fourth-order valence-electron chi connectivity index (χ4n) is 4.81. The molecule has 0 N–H and O–H groups in total. The van der Waals surface area contributed by atoms with Gasteiger partial charge in [0.25, 0.3) is 0 Å². The molecule has 3 nitrogen and oxygen atoms in total. The van der Waals surface area contributed by atoms with Gasteiger partial charge in [-0.2, -0.15) is 0 Å². The van der Waals surface area contributed by atoms with Gasteiger partial charge in [-0.25, -0.2) is 4.98 Å². The van der Waals surface area contributed by atoms with Crippen molar-refractivity contribution in [2.45, 2.75) is 39.8 Å². The number of aryl methyl sites for hydroxylation is 1. The first kappa shape index (κ1) is 20.5. The Kier molecular flexibility index (Phi) is 5.57. The first-order valence-corrected chi connectivity index (χ1v) is 10.5. The SMILES string of the molecule is Cc1c(C)n(Cc2ccccc2)c2c(N3CCc4ccccc4C3C)nccc12.Cl. The third-order valence-corrected chi connectivity index (χ3v) is 6.58. The maximum absolute atomic E-state index is 4.92. The van der Waals surface area contributed by atoms with Gasteiger partial charge >= 0.3 is 0 Å². The minimum Gasteiger partial charge on any atom is -0.348 e. The molecule has 2 aromatic carbocycles. The van der Waals surface area contributed by atoms with E-state index in [1.165, 1.54) is 38.9 Å². The predicted octanol–water partition coefficient (Wildman–Crippen LogP) is 6.25. The van der Waals surface area contributed by atoms with Crippen LogP contribution >= 0.6 is 12.4 Å². The van der Waals surface area contributed by atoms with E-state index in [0.717, 1.165) is 25.3 Å². The Labute approximate surface area is 184 Å². The van der Waals surface area contributed by atoms with Crippen molar-refractivity contribution in [3.05, 3.63) is 94.8 Å². The molecule has 5 rings (SSSR count). The number of hydrogen-bond donors (Lipinski definition) is 0. The molecular weight excluding hydrogens is 390 g/mol.